The van der Waals surface area contributed by atoms with Gasteiger partial charge in [0.2, 0.25) is 0 Å². The number of hydrogen-bond donors (Lipinski definition) is 0. The number of fused-ring (bicyclic) bond motifs is 1. The summed E-state index contributed by atoms with van der Waals surface area (Å²) in [5.41, 5.74) is 3.85. The summed E-state index contributed by atoms with van der Waals surface area (Å²) in [6.07, 6.45) is 2.18. The lowest BCUT2D eigenvalue weighted by Gasteiger charge is -2.34. The largest absolute Gasteiger partial charge is 0.492 e. The van der Waals surface area contributed by atoms with E-state index in [0.29, 0.717) is 6.04 Å². The quantitative estimate of drug-likeness (QED) is 0.854. The Labute approximate surface area is 127 Å². The normalized spacial score (nSPS) is 18.5. The van der Waals surface area contributed by atoms with Gasteiger partial charge in [0.1, 0.15) is 12.4 Å². The summed E-state index contributed by atoms with van der Waals surface area (Å²) in [5, 5.41) is 0. The molecule has 112 valence electrons. The SMILES string of the molecule is Cc1cccc(C)c1OCCN1CCn2cccc2C1C. The van der Waals surface area contributed by atoms with Crippen LogP contribution < -0.4 is 4.74 Å². The average Bonchev–Trinajstić information content (AvgIpc) is 2.93. The molecule has 1 aliphatic heterocycles. The fraction of sp³-hybridized carbons (Fsp3) is 0.444. The molecule has 1 aromatic heterocycles. The highest BCUT2D eigenvalue weighted by Gasteiger charge is 2.22. The number of para-hydroxylation sites is 1. The topological polar surface area (TPSA) is 17.4 Å². The van der Waals surface area contributed by atoms with Gasteiger partial charge in [-0.05, 0) is 44.0 Å². The minimum absolute atomic E-state index is 0.468. The molecule has 0 spiro atoms. The van der Waals surface area contributed by atoms with Crippen LogP contribution in [0.4, 0.5) is 0 Å². The second kappa shape index (κ2) is 5.94. The van der Waals surface area contributed by atoms with Gasteiger partial charge < -0.3 is 9.30 Å². The van der Waals surface area contributed by atoms with Crippen molar-refractivity contribution in [2.75, 3.05) is 19.7 Å². The molecular weight excluding hydrogens is 260 g/mol. The van der Waals surface area contributed by atoms with Gasteiger partial charge in [-0.25, -0.2) is 0 Å². The molecule has 0 bridgehead atoms. The first-order valence-corrected chi connectivity index (χ1v) is 7.75. The first-order valence-electron chi connectivity index (χ1n) is 7.75. The number of rotatable bonds is 4. The predicted octanol–water partition coefficient (Wildman–Crippen LogP) is 3.56. The Morgan fingerprint density at radius 2 is 1.86 bits per heavy atom. The maximum Gasteiger partial charge on any atom is 0.125 e. The first-order chi connectivity index (χ1) is 10.2. The van der Waals surface area contributed by atoms with Crippen molar-refractivity contribution in [3.05, 3.63) is 53.3 Å². The molecule has 0 radical (unpaired) electrons. The van der Waals surface area contributed by atoms with Gasteiger partial charge in [-0.3, -0.25) is 4.90 Å². The Hall–Kier alpha value is -1.74. The van der Waals surface area contributed by atoms with Crippen LogP contribution in [-0.4, -0.2) is 29.2 Å². The molecule has 1 aliphatic rings. The minimum Gasteiger partial charge on any atom is -0.492 e. The highest BCUT2D eigenvalue weighted by molar-refractivity contribution is 5.39. The second-order valence-corrected chi connectivity index (χ2v) is 5.91. The molecule has 1 unspecified atom stereocenters. The van der Waals surface area contributed by atoms with Crippen LogP contribution in [0.2, 0.25) is 0 Å². The molecule has 0 N–H and O–H groups in total. The second-order valence-electron chi connectivity index (χ2n) is 5.91. The Kier molecular flexibility index (Phi) is 4.02. The summed E-state index contributed by atoms with van der Waals surface area (Å²) in [4.78, 5) is 2.50. The lowest BCUT2D eigenvalue weighted by molar-refractivity contribution is 0.139. The number of aryl methyl sites for hydroxylation is 2. The summed E-state index contributed by atoms with van der Waals surface area (Å²) in [5.74, 6) is 1.05. The number of aromatic nitrogens is 1. The van der Waals surface area contributed by atoms with Crippen molar-refractivity contribution >= 4 is 0 Å². The van der Waals surface area contributed by atoms with Gasteiger partial charge in [0.25, 0.3) is 0 Å². The average molecular weight is 284 g/mol. The Morgan fingerprint density at radius 1 is 1.10 bits per heavy atom. The van der Waals surface area contributed by atoms with E-state index in [0.717, 1.165) is 32.0 Å². The predicted molar refractivity (Wildman–Crippen MR) is 85.8 cm³/mol. The van der Waals surface area contributed by atoms with Crippen molar-refractivity contribution in [3.8, 4) is 5.75 Å². The molecule has 0 saturated heterocycles. The van der Waals surface area contributed by atoms with Crippen LogP contribution in [0.3, 0.4) is 0 Å². The van der Waals surface area contributed by atoms with Crippen molar-refractivity contribution in [2.45, 2.75) is 33.4 Å². The van der Waals surface area contributed by atoms with Crippen molar-refractivity contribution in [1.82, 2.24) is 9.47 Å². The Bertz CT molecular complexity index is 597. The maximum atomic E-state index is 6.04. The fourth-order valence-corrected chi connectivity index (χ4v) is 3.22. The highest BCUT2D eigenvalue weighted by atomic mass is 16.5. The summed E-state index contributed by atoms with van der Waals surface area (Å²) in [6.45, 7) is 10.4. The van der Waals surface area contributed by atoms with Gasteiger partial charge in [-0.15, -0.1) is 0 Å². The number of ether oxygens (including phenoxy) is 1. The molecule has 2 aromatic rings. The monoisotopic (exact) mass is 284 g/mol. The zero-order chi connectivity index (χ0) is 14.8. The van der Waals surface area contributed by atoms with Crippen LogP contribution in [0, 0.1) is 13.8 Å². The maximum absolute atomic E-state index is 6.04. The smallest absolute Gasteiger partial charge is 0.125 e. The summed E-state index contributed by atoms with van der Waals surface area (Å²) in [6, 6.07) is 11.1. The van der Waals surface area contributed by atoms with E-state index in [1.165, 1.54) is 16.8 Å². The van der Waals surface area contributed by atoms with Crippen LogP contribution in [-0.2, 0) is 6.54 Å². The van der Waals surface area contributed by atoms with E-state index in [9.17, 15) is 0 Å². The minimum atomic E-state index is 0.468. The Morgan fingerprint density at radius 3 is 2.62 bits per heavy atom. The fourth-order valence-electron chi connectivity index (χ4n) is 3.22. The summed E-state index contributed by atoms with van der Waals surface area (Å²) >= 11 is 0. The number of hydrogen-bond acceptors (Lipinski definition) is 2. The third-order valence-electron chi connectivity index (χ3n) is 4.50. The molecule has 21 heavy (non-hydrogen) atoms. The van der Waals surface area contributed by atoms with Gasteiger partial charge in [0.15, 0.2) is 0 Å². The van der Waals surface area contributed by atoms with Crippen LogP contribution >= 0.6 is 0 Å². The molecule has 2 heterocycles. The van der Waals surface area contributed by atoms with Gasteiger partial charge in [-0.2, -0.15) is 0 Å². The molecule has 3 heteroatoms. The first kappa shape index (κ1) is 14.2. The van der Waals surface area contributed by atoms with Gasteiger partial charge in [0.05, 0.1) is 0 Å². The number of benzene rings is 1. The molecule has 0 amide bonds. The van der Waals surface area contributed by atoms with Crippen molar-refractivity contribution in [1.29, 1.82) is 0 Å². The van der Waals surface area contributed by atoms with Crippen LogP contribution in [0.1, 0.15) is 29.8 Å². The molecule has 0 aliphatic carbocycles. The molecule has 1 atom stereocenters. The van der Waals surface area contributed by atoms with Crippen LogP contribution in [0.15, 0.2) is 36.5 Å². The summed E-state index contributed by atoms with van der Waals surface area (Å²) in [7, 11) is 0. The zero-order valence-corrected chi connectivity index (χ0v) is 13.2. The molecule has 1 aromatic carbocycles. The third kappa shape index (κ3) is 2.84. The van der Waals surface area contributed by atoms with Crippen molar-refractivity contribution in [2.24, 2.45) is 0 Å². The van der Waals surface area contributed by atoms with E-state index in [1.807, 2.05) is 0 Å². The van der Waals surface area contributed by atoms with E-state index in [2.05, 4.69) is 66.8 Å². The van der Waals surface area contributed by atoms with Crippen LogP contribution in [0.25, 0.3) is 0 Å². The van der Waals surface area contributed by atoms with E-state index in [1.54, 1.807) is 0 Å². The lowest BCUT2D eigenvalue weighted by atomic mass is 10.1. The van der Waals surface area contributed by atoms with Gasteiger partial charge in [-0.1, -0.05) is 18.2 Å². The van der Waals surface area contributed by atoms with Crippen molar-refractivity contribution < 1.29 is 4.74 Å². The van der Waals surface area contributed by atoms with E-state index in [4.69, 9.17) is 4.74 Å². The Balaban J connectivity index is 1.59. The van der Waals surface area contributed by atoms with Crippen molar-refractivity contribution in [3.63, 3.8) is 0 Å². The van der Waals surface area contributed by atoms with Gasteiger partial charge in [0, 0.05) is 37.6 Å². The third-order valence-corrected chi connectivity index (χ3v) is 4.50. The molecule has 3 nitrogen and oxygen atoms in total. The van der Waals surface area contributed by atoms with E-state index >= 15 is 0 Å². The van der Waals surface area contributed by atoms with E-state index < -0.39 is 0 Å². The molecule has 0 fully saturated rings. The van der Waals surface area contributed by atoms with Gasteiger partial charge >= 0.3 is 0 Å². The molecule has 3 rings (SSSR count). The lowest BCUT2D eigenvalue weighted by Crippen LogP contribution is -2.38. The standard InChI is InChI=1S/C18H24N2O/c1-14-6-4-7-15(2)18(14)21-13-12-19-10-11-20-9-5-8-17(20)16(19)3/h4-9,16H,10-13H2,1-3H3. The van der Waals surface area contributed by atoms with E-state index in [-0.39, 0.29) is 0 Å². The molecular formula is C18H24N2O. The molecule has 0 saturated carbocycles. The van der Waals surface area contributed by atoms with Crippen LogP contribution in [0.5, 0.6) is 5.75 Å². The summed E-state index contributed by atoms with van der Waals surface area (Å²) < 4.78 is 8.39. The highest BCUT2D eigenvalue weighted by Crippen LogP contribution is 2.26. The number of nitrogens with zero attached hydrogens (tertiary/aromatic N) is 2. The zero-order valence-electron chi connectivity index (χ0n) is 13.2.